The maximum Gasteiger partial charge on any atom is 0.334 e. The predicted molar refractivity (Wildman–Crippen MR) is 95.9 cm³/mol. The molecule has 1 aliphatic carbocycles. The van der Waals surface area contributed by atoms with Gasteiger partial charge in [0.25, 0.3) is 5.91 Å². The number of nitrogens with zero attached hydrogens (tertiary/aromatic N) is 2. The maximum absolute atomic E-state index is 12.7. The molecule has 2 N–H and O–H groups in total. The number of nitrogens with one attached hydrogen (secondary N) is 1. The summed E-state index contributed by atoms with van der Waals surface area (Å²) in [6, 6.07) is 9.97. The Kier molecular flexibility index (Phi) is 5.68. The largest absolute Gasteiger partial charge is 0.479 e. The molecule has 1 aromatic carbocycles. The van der Waals surface area contributed by atoms with Gasteiger partial charge in [0.05, 0.1) is 30.0 Å². The van der Waals surface area contributed by atoms with Crippen LogP contribution in [0.1, 0.15) is 42.1 Å². The van der Waals surface area contributed by atoms with Crippen LogP contribution in [-0.4, -0.2) is 46.5 Å². The average Bonchev–Trinajstić information content (AvgIpc) is 3.31. The molecule has 1 fully saturated rings. The van der Waals surface area contributed by atoms with Gasteiger partial charge in [-0.3, -0.25) is 9.48 Å². The fourth-order valence-electron chi connectivity index (χ4n) is 3.39. The monoisotopic (exact) mass is 357 g/mol. The number of benzene rings is 1. The van der Waals surface area contributed by atoms with Gasteiger partial charge in [0.1, 0.15) is 0 Å². The second-order valence-electron chi connectivity index (χ2n) is 6.43. The summed E-state index contributed by atoms with van der Waals surface area (Å²) in [7, 11) is 1.30. The number of carbonyl (C=O) groups is 2. The number of carbonyl (C=O) groups excluding carboxylic acids is 1. The zero-order valence-corrected chi connectivity index (χ0v) is 14.7. The standard InChI is InChI=1S/C19H23N3O4/c1-26-16(19(24)25)12-20-18(23)15-11-21-22(14-9-5-6-10-14)17(15)13-7-3-2-4-8-13/h2-4,7-8,11,14,16H,5-6,9-10,12H2,1H3,(H,20,23)(H,24,25). The SMILES string of the molecule is COC(CNC(=O)c1cnn(C2CCCC2)c1-c1ccccc1)C(=O)O. The number of rotatable bonds is 7. The molecule has 1 amide bonds. The topological polar surface area (TPSA) is 93.5 Å². The van der Waals surface area contributed by atoms with Crippen LogP contribution in [0.15, 0.2) is 36.5 Å². The molecule has 3 rings (SSSR count). The van der Waals surface area contributed by atoms with Crippen LogP contribution in [0.2, 0.25) is 0 Å². The Bertz CT molecular complexity index is 766. The molecule has 0 spiro atoms. The maximum atomic E-state index is 12.7. The summed E-state index contributed by atoms with van der Waals surface area (Å²) in [6.07, 6.45) is 4.91. The van der Waals surface area contributed by atoms with E-state index in [0.717, 1.165) is 36.9 Å². The summed E-state index contributed by atoms with van der Waals surface area (Å²) in [5, 5.41) is 16.2. The Morgan fingerprint density at radius 3 is 2.62 bits per heavy atom. The van der Waals surface area contributed by atoms with Gasteiger partial charge in [0.15, 0.2) is 6.10 Å². The predicted octanol–water partition coefficient (Wildman–Crippen LogP) is 2.49. The van der Waals surface area contributed by atoms with Crippen molar-refractivity contribution < 1.29 is 19.4 Å². The summed E-state index contributed by atoms with van der Waals surface area (Å²) in [4.78, 5) is 23.8. The van der Waals surface area contributed by atoms with Crippen molar-refractivity contribution in [3.05, 3.63) is 42.1 Å². The van der Waals surface area contributed by atoms with Crippen molar-refractivity contribution in [2.75, 3.05) is 13.7 Å². The van der Waals surface area contributed by atoms with E-state index in [4.69, 9.17) is 9.84 Å². The molecule has 2 aromatic rings. The number of aliphatic carboxylic acids is 1. The molecular formula is C19H23N3O4. The molecule has 1 heterocycles. The second-order valence-corrected chi connectivity index (χ2v) is 6.43. The van der Waals surface area contributed by atoms with Crippen LogP contribution in [0.25, 0.3) is 11.3 Å². The number of carboxylic acid groups (broad SMARTS) is 1. The quantitative estimate of drug-likeness (QED) is 0.794. The summed E-state index contributed by atoms with van der Waals surface area (Å²) in [6.45, 7) is -0.104. The summed E-state index contributed by atoms with van der Waals surface area (Å²) in [5.74, 6) is -1.46. The van der Waals surface area contributed by atoms with E-state index in [0.29, 0.717) is 5.56 Å². The van der Waals surface area contributed by atoms with Gasteiger partial charge in [-0.25, -0.2) is 4.79 Å². The Hall–Kier alpha value is -2.67. The number of carboxylic acids is 1. The molecule has 7 nitrogen and oxygen atoms in total. The van der Waals surface area contributed by atoms with Crippen LogP contribution in [0, 0.1) is 0 Å². The van der Waals surface area contributed by atoms with Crippen molar-refractivity contribution in [2.45, 2.75) is 37.8 Å². The highest BCUT2D eigenvalue weighted by Gasteiger charge is 2.26. The summed E-state index contributed by atoms with van der Waals surface area (Å²) >= 11 is 0. The smallest absolute Gasteiger partial charge is 0.334 e. The van der Waals surface area contributed by atoms with E-state index in [1.807, 2.05) is 35.0 Å². The van der Waals surface area contributed by atoms with Crippen LogP contribution in [0.4, 0.5) is 0 Å². The Morgan fingerprint density at radius 1 is 1.31 bits per heavy atom. The van der Waals surface area contributed by atoms with Gasteiger partial charge in [-0.2, -0.15) is 5.10 Å². The van der Waals surface area contributed by atoms with Crippen LogP contribution in [0.3, 0.4) is 0 Å². The third kappa shape index (κ3) is 3.77. The van der Waals surface area contributed by atoms with Crippen LogP contribution in [-0.2, 0) is 9.53 Å². The number of ether oxygens (including phenoxy) is 1. The highest BCUT2D eigenvalue weighted by atomic mass is 16.5. The Labute approximate surface area is 152 Å². The van der Waals surface area contributed by atoms with E-state index in [9.17, 15) is 9.59 Å². The van der Waals surface area contributed by atoms with E-state index in [-0.39, 0.29) is 18.5 Å². The van der Waals surface area contributed by atoms with Gasteiger partial charge < -0.3 is 15.2 Å². The highest BCUT2D eigenvalue weighted by molar-refractivity contribution is 6.00. The van der Waals surface area contributed by atoms with Crippen LogP contribution >= 0.6 is 0 Å². The number of aromatic nitrogens is 2. The van der Waals surface area contributed by atoms with Gasteiger partial charge in [0, 0.05) is 12.7 Å². The van der Waals surface area contributed by atoms with Gasteiger partial charge in [-0.15, -0.1) is 0 Å². The zero-order valence-electron chi connectivity index (χ0n) is 14.7. The van der Waals surface area contributed by atoms with Crippen molar-refractivity contribution in [1.82, 2.24) is 15.1 Å². The van der Waals surface area contributed by atoms with Crippen molar-refractivity contribution in [1.29, 1.82) is 0 Å². The van der Waals surface area contributed by atoms with E-state index in [1.54, 1.807) is 6.20 Å². The summed E-state index contributed by atoms with van der Waals surface area (Å²) in [5.41, 5.74) is 2.14. The van der Waals surface area contributed by atoms with E-state index in [2.05, 4.69) is 10.4 Å². The normalized spacial score (nSPS) is 15.7. The van der Waals surface area contributed by atoms with Crippen LogP contribution < -0.4 is 5.32 Å². The molecule has 1 saturated carbocycles. The lowest BCUT2D eigenvalue weighted by molar-refractivity contribution is -0.148. The molecule has 1 atom stereocenters. The molecule has 1 aliphatic rings. The van der Waals surface area contributed by atoms with Gasteiger partial charge >= 0.3 is 5.97 Å². The minimum absolute atomic E-state index is 0.104. The van der Waals surface area contributed by atoms with Crippen LogP contribution in [0.5, 0.6) is 0 Å². The molecule has 0 aliphatic heterocycles. The molecule has 1 aromatic heterocycles. The van der Waals surface area contributed by atoms with Gasteiger partial charge in [-0.05, 0) is 12.8 Å². The minimum atomic E-state index is -1.11. The van der Waals surface area contributed by atoms with E-state index < -0.39 is 12.1 Å². The third-order valence-electron chi connectivity index (χ3n) is 4.77. The molecule has 138 valence electrons. The first-order valence-corrected chi connectivity index (χ1v) is 8.78. The Balaban J connectivity index is 1.89. The molecule has 1 unspecified atom stereocenters. The van der Waals surface area contributed by atoms with Crippen molar-refractivity contribution in [2.24, 2.45) is 0 Å². The lowest BCUT2D eigenvalue weighted by atomic mass is 10.1. The van der Waals surface area contributed by atoms with Gasteiger partial charge in [0.2, 0.25) is 0 Å². The van der Waals surface area contributed by atoms with Gasteiger partial charge in [-0.1, -0.05) is 43.2 Å². The van der Waals surface area contributed by atoms with E-state index in [1.165, 1.54) is 7.11 Å². The first-order chi connectivity index (χ1) is 12.6. The first-order valence-electron chi connectivity index (χ1n) is 8.78. The average molecular weight is 357 g/mol. The summed E-state index contributed by atoms with van der Waals surface area (Å²) < 4.78 is 6.81. The fourth-order valence-corrected chi connectivity index (χ4v) is 3.39. The molecule has 7 heteroatoms. The van der Waals surface area contributed by atoms with Crippen molar-refractivity contribution >= 4 is 11.9 Å². The molecule has 0 bridgehead atoms. The van der Waals surface area contributed by atoms with Crippen molar-refractivity contribution in [3.63, 3.8) is 0 Å². The minimum Gasteiger partial charge on any atom is -0.479 e. The van der Waals surface area contributed by atoms with Crippen molar-refractivity contribution in [3.8, 4) is 11.3 Å². The molecule has 0 radical (unpaired) electrons. The molecular weight excluding hydrogens is 334 g/mol. The zero-order chi connectivity index (χ0) is 18.5. The lowest BCUT2D eigenvalue weighted by Gasteiger charge is -2.16. The van der Waals surface area contributed by atoms with E-state index >= 15 is 0 Å². The number of methoxy groups -OCH3 is 1. The second kappa shape index (κ2) is 8.14. The molecule has 0 saturated heterocycles. The first kappa shape index (κ1) is 18.1. The number of amides is 1. The molecule has 26 heavy (non-hydrogen) atoms. The number of hydrogen-bond acceptors (Lipinski definition) is 4. The highest BCUT2D eigenvalue weighted by Crippen LogP contribution is 2.34. The fraction of sp³-hybridized carbons (Fsp3) is 0.421. The number of hydrogen-bond donors (Lipinski definition) is 2. The Morgan fingerprint density at radius 2 is 2.00 bits per heavy atom. The lowest BCUT2D eigenvalue weighted by Crippen LogP contribution is -2.37. The third-order valence-corrected chi connectivity index (χ3v) is 4.77.